The van der Waals surface area contributed by atoms with Gasteiger partial charge in [-0.1, -0.05) is 52.4 Å². The van der Waals surface area contributed by atoms with Crippen molar-refractivity contribution in [2.24, 2.45) is 5.73 Å². The molecular weight excluding hydrogens is 224 g/mol. The molecule has 0 aliphatic heterocycles. The Morgan fingerprint density at radius 1 is 0.944 bits per heavy atom. The first-order valence-corrected chi connectivity index (χ1v) is 7.67. The van der Waals surface area contributed by atoms with Crippen LogP contribution in [-0.2, 0) is 4.79 Å². The maximum Gasteiger partial charge on any atom is 0.239 e. The molecule has 1 atom stereocenters. The predicted octanol–water partition coefficient (Wildman–Crippen LogP) is 3.32. The smallest absolute Gasteiger partial charge is 0.239 e. The summed E-state index contributed by atoms with van der Waals surface area (Å²) in [5.41, 5.74) is 5.71. The summed E-state index contributed by atoms with van der Waals surface area (Å²) in [6, 6.07) is -0.359. The van der Waals surface area contributed by atoms with Gasteiger partial charge in [-0.2, -0.15) is 0 Å². The zero-order chi connectivity index (χ0) is 13.8. The van der Waals surface area contributed by atoms with E-state index in [-0.39, 0.29) is 11.9 Å². The van der Waals surface area contributed by atoms with Crippen LogP contribution in [0.1, 0.15) is 72.1 Å². The van der Waals surface area contributed by atoms with E-state index in [9.17, 15) is 4.79 Å². The lowest BCUT2D eigenvalue weighted by Gasteiger charge is -2.24. The van der Waals surface area contributed by atoms with Gasteiger partial charge in [-0.25, -0.2) is 0 Å². The molecule has 0 aliphatic carbocycles. The molecule has 0 aromatic carbocycles. The Bertz CT molecular complexity index is 193. The lowest BCUT2D eigenvalue weighted by Crippen LogP contribution is -2.43. The molecule has 0 aromatic heterocycles. The fourth-order valence-electron chi connectivity index (χ4n) is 2.08. The topological polar surface area (TPSA) is 46.3 Å². The van der Waals surface area contributed by atoms with E-state index in [1.807, 2.05) is 4.90 Å². The Morgan fingerprint density at radius 3 is 1.72 bits per heavy atom. The van der Waals surface area contributed by atoms with Crippen molar-refractivity contribution in [3.05, 3.63) is 0 Å². The Kier molecular flexibility index (Phi) is 11.2. The van der Waals surface area contributed by atoms with Crippen LogP contribution < -0.4 is 5.73 Å². The van der Waals surface area contributed by atoms with Crippen LogP contribution in [0.3, 0.4) is 0 Å². The first-order chi connectivity index (χ1) is 8.63. The highest BCUT2D eigenvalue weighted by Crippen LogP contribution is 2.06. The summed E-state index contributed by atoms with van der Waals surface area (Å²) < 4.78 is 0. The number of carbonyl (C=O) groups excluding carboxylic acids is 1. The molecule has 3 nitrogen and oxygen atoms in total. The fraction of sp³-hybridized carbons (Fsp3) is 0.933. The second-order valence-corrected chi connectivity index (χ2v) is 5.24. The lowest BCUT2D eigenvalue weighted by molar-refractivity contribution is -0.132. The number of amides is 1. The summed E-state index contributed by atoms with van der Waals surface area (Å²) in [5, 5.41) is 0. The molecule has 0 bridgehead atoms. The molecule has 0 unspecified atom stereocenters. The van der Waals surface area contributed by atoms with Gasteiger partial charge in [0, 0.05) is 13.1 Å². The van der Waals surface area contributed by atoms with E-state index >= 15 is 0 Å². The minimum atomic E-state index is -0.359. The zero-order valence-electron chi connectivity index (χ0n) is 12.6. The number of nitrogens with zero attached hydrogens (tertiary/aromatic N) is 1. The van der Waals surface area contributed by atoms with Crippen molar-refractivity contribution in [2.45, 2.75) is 78.2 Å². The van der Waals surface area contributed by atoms with E-state index in [1.54, 1.807) is 6.92 Å². The number of hydrogen-bond donors (Lipinski definition) is 1. The molecular formula is C15H32N2O. The summed E-state index contributed by atoms with van der Waals surface area (Å²) in [5.74, 6) is 0.114. The second kappa shape index (κ2) is 11.5. The van der Waals surface area contributed by atoms with Crippen LogP contribution in [0.5, 0.6) is 0 Å². The number of unbranched alkanes of at least 4 members (excludes halogenated alkanes) is 6. The number of nitrogens with two attached hydrogens (primary N) is 1. The van der Waals surface area contributed by atoms with Crippen molar-refractivity contribution in [1.82, 2.24) is 4.90 Å². The van der Waals surface area contributed by atoms with Crippen molar-refractivity contribution in [3.8, 4) is 0 Å². The Hall–Kier alpha value is -0.570. The number of carbonyl (C=O) groups is 1. The first-order valence-electron chi connectivity index (χ1n) is 7.67. The summed E-state index contributed by atoms with van der Waals surface area (Å²) in [7, 11) is 0. The molecule has 3 heteroatoms. The minimum absolute atomic E-state index is 0.114. The van der Waals surface area contributed by atoms with Crippen molar-refractivity contribution in [1.29, 1.82) is 0 Å². The Labute approximate surface area is 113 Å². The van der Waals surface area contributed by atoms with E-state index in [0.717, 1.165) is 25.9 Å². The molecule has 0 saturated heterocycles. The molecule has 0 spiro atoms. The van der Waals surface area contributed by atoms with Crippen LogP contribution in [-0.4, -0.2) is 29.9 Å². The average molecular weight is 256 g/mol. The van der Waals surface area contributed by atoms with Gasteiger partial charge < -0.3 is 10.6 Å². The highest BCUT2D eigenvalue weighted by atomic mass is 16.2. The summed E-state index contributed by atoms with van der Waals surface area (Å²) in [6.45, 7) is 7.96. The summed E-state index contributed by atoms with van der Waals surface area (Å²) in [4.78, 5) is 13.9. The number of rotatable bonds is 11. The van der Waals surface area contributed by atoms with Crippen LogP contribution in [0.25, 0.3) is 0 Å². The molecule has 0 aliphatic rings. The van der Waals surface area contributed by atoms with Crippen LogP contribution in [0.4, 0.5) is 0 Å². The Morgan fingerprint density at radius 2 is 1.39 bits per heavy atom. The minimum Gasteiger partial charge on any atom is -0.341 e. The predicted molar refractivity (Wildman–Crippen MR) is 78.5 cm³/mol. The van der Waals surface area contributed by atoms with Gasteiger partial charge in [0.1, 0.15) is 0 Å². The molecule has 0 saturated carbocycles. The standard InChI is InChI=1S/C15H32N2O/c1-4-6-8-10-12-17(15(18)14(3)16)13-11-9-7-5-2/h14H,4-13,16H2,1-3H3/t14-/m0/s1. The van der Waals surface area contributed by atoms with Gasteiger partial charge in [0.05, 0.1) is 6.04 Å². The third-order valence-electron chi connectivity index (χ3n) is 3.26. The molecule has 0 fully saturated rings. The van der Waals surface area contributed by atoms with E-state index in [0.29, 0.717) is 0 Å². The molecule has 1 amide bonds. The number of hydrogen-bond acceptors (Lipinski definition) is 2. The van der Waals surface area contributed by atoms with Crippen LogP contribution in [0, 0.1) is 0 Å². The van der Waals surface area contributed by atoms with Crippen molar-refractivity contribution < 1.29 is 4.79 Å². The maximum absolute atomic E-state index is 12.0. The molecule has 0 rings (SSSR count). The van der Waals surface area contributed by atoms with E-state index in [2.05, 4.69) is 13.8 Å². The molecule has 108 valence electrons. The van der Waals surface area contributed by atoms with Gasteiger partial charge in [-0.05, 0) is 19.8 Å². The highest BCUT2D eigenvalue weighted by Gasteiger charge is 2.16. The van der Waals surface area contributed by atoms with Crippen LogP contribution in [0.2, 0.25) is 0 Å². The van der Waals surface area contributed by atoms with Crippen molar-refractivity contribution in [2.75, 3.05) is 13.1 Å². The molecule has 0 aromatic rings. The molecule has 0 heterocycles. The second-order valence-electron chi connectivity index (χ2n) is 5.24. The fourth-order valence-corrected chi connectivity index (χ4v) is 2.08. The Balaban J connectivity index is 3.96. The summed E-state index contributed by atoms with van der Waals surface area (Å²) >= 11 is 0. The van der Waals surface area contributed by atoms with E-state index < -0.39 is 0 Å². The van der Waals surface area contributed by atoms with Gasteiger partial charge in [-0.15, -0.1) is 0 Å². The highest BCUT2D eigenvalue weighted by molar-refractivity contribution is 5.81. The van der Waals surface area contributed by atoms with Crippen molar-refractivity contribution >= 4 is 5.91 Å². The quantitative estimate of drug-likeness (QED) is 0.576. The van der Waals surface area contributed by atoms with Gasteiger partial charge in [0.2, 0.25) is 5.91 Å². The molecule has 0 radical (unpaired) electrons. The van der Waals surface area contributed by atoms with Gasteiger partial charge >= 0.3 is 0 Å². The molecule has 2 N–H and O–H groups in total. The summed E-state index contributed by atoms with van der Waals surface area (Å²) in [6.07, 6.45) is 9.64. The third kappa shape index (κ3) is 8.51. The van der Waals surface area contributed by atoms with Gasteiger partial charge in [0.15, 0.2) is 0 Å². The average Bonchev–Trinajstić information content (AvgIpc) is 2.36. The maximum atomic E-state index is 12.0. The first kappa shape index (κ1) is 17.4. The SMILES string of the molecule is CCCCCCN(CCCCCC)C(=O)[C@H](C)N. The van der Waals surface area contributed by atoms with E-state index in [1.165, 1.54) is 38.5 Å². The zero-order valence-corrected chi connectivity index (χ0v) is 12.6. The lowest BCUT2D eigenvalue weighted by atomic mass is 10.1. The van der Waals surface area contributed by atoms with Gasteiger partial charge in [0.25, 0.3) is 0 Å². The third-order valence-corrected chi connectivity index (χ3v) is 3.26. The normalized spacial score (nSPS) is 12.4. The van der Waals surface area contributed by atoms with E-state index in [4.69, 9.17) is 5.73 Å². The largest absolute Gasteiger partial charge is 0.341 e. The van der Waals surface area contributed by atoms with Crippen LogP contribution in [0.15, 0.2) is 0 Å². The van der Waals surface area contributed by atoms with Crippen LogP contribution >= 0.6 is 0 Å². The van der Waals surface area contributed by atoms with Crippen molar-refractivity contribution in [3.63, 3.8) is 0 Å². The monoisotopic (exact) mass is 256 g/mol. The van der Waals surface area contributed by atoms with Gasteiger partial charge in [-0.3, -0.25) is 4.79 Å². The molecule has 18 heavy (non-hydrogen) atoms.